The number of amides is 1. The van der Waals surface area contributed by atoms with Gasteiger partial charge in [0.1, 0.15) is 0 Å². The van der Waals surface area contributed by atoms with Crippen molar-refractivity contribution in [2.24, 2.45) is 4.99 Å². The molecule has 31 heavy (non-hydrogen) atoms. The minimum absolute atomic E-state index is 0.291. The molecule has 0 saturated heterocycles. The van der Waals surface area contributed by atoms with Gasteiger partial charge in [-0.15, -0.1) is 0 Å². The lowest BCUT2D eigenvalue weighted by molar-refractivity contribution is 0.0525. The van der Waals surface area contributed by atoms with E-state index in [0.29, 0.717) is 41.3 Å². The van der Waals surface area contributed by atoms with E-state index in [2.05, 4.69) is 9.73 Å². The molecule has 0 fully saturated rings. The number of carbonyl (C=O) groups is 3. The third-order valence-corrected chi connectivity index (χ3v) is 5.50. The molecule has 0 aliphatic heterocycles. The van der Waals surface area contributed by atoms with Crippen molar-refractivity contribution in [2.75, 3.05) is 27.4 Å². The second-order valence-electron chi connectivity index (χ2n) is 6.42. The third-order valence-electron chi connectivity index (χ3n) is 4.46. The quantitative estimate of drug-likeness (QED) is 0.522. The summed E-state index contributed by atoms with van der Waals surface area (Å²) in [6.45, 7) is 2.96. The van der Waals surface area contributed by atoms with Gasteiger partial charge in [-0.3, -0.25) is 4.79 Å². The highest BCUT2D eigenvalue weighted by atomic mass is 32.1. The normalized spacial score (nSPS) is 11.5. The predicted octanol–water partition coefficient (Wildman–Crippen LogP) is 3.05. The number of fused-ring (bicyclic) bond motifs is 1. The van der Waals surface area contributed by atoms with Crippen molar-refractivity contribution >= 4 is 39.4 Å². The van der Waals surface area contributed by atoms with Crippen molar-refractivity contribution in [3.8, 4) is 0 Å². The van der Waals surface area contributed by atoms with Gasteiger partial charge in [0.25, 0.3) is 5.91 Å². The number of ether oxygens (including phenoxy) is 3. The minimum atomic E-state index is -0.477. The maximum absolute atomic E-state index is 12.7. The highest BCUT2D eigenvalue weighted by Gasteiger charge is 2.13. The molecule has 0 atom stereocenters. The first-order chi connectivity index (χ1) is 15.0. The number of nitrogens with zero attached hydrogens (tertiary/aromatic N) is 2. The lowest BCUT2D eigenvalue weighted by Crippen LogP contribution is -2.19. The van der Waals surface area contributed by atoms with Crippen LogP contribution in [0.2, 0.25) is 0 Å². The number of hydrogen-bond acceptors (Lipinski definition) is 7. The molecule has 2 aromatic carbocycles. The van der Waals surface area contributed by atoms with Gasteiger partial charge >= 0.3 is 11.9 Å². The van der Waals surface area contributed by atoms with Crippen LogP contribution in [0, 0.1) is 0 Å². The number of methoxy groups -OCH3 is 2. The molecule has 1 heterocycles. The molecule has 0 bridgehead atoms. The van der Waals surface area contributed by atoms with Crippen LogP contribution in [0.25, 0.3) is 10.2 Å². The van der Waals surface area contributed by atoms with E-state index < -0.39 is 17.8 Å². The first-order valence-electron chi connectivity index (χ1n) is 9.55. The number of thiazole rings is 1. The van der Waals surface area contributed by atoms with Crippen LogP contribution >= 0.6 is 11.3 Å². The fourth-order valence-electron chi connectivity index (χ4n) is 2.92. The Hall–Kier alpha value is -3.30. The summed E-state index contributed by atoms with van der Waals surface area (Å²) in [7, 11) is 2.89. The highest BCUT2D eigenvalue weighted by molar-refractivity contribution is 7.16. The molecule has 0 aliphatic carbocycles. The van der Waals surface area contributed by atoms with E-state index in [-0.39, 0.29) is 0 Å². The molecule has 0 saturated carbocycles. The van der Waals surface area contributed by atoms with E-state index in [0.717, 1.165) is 10.2 Å². The summed E-state index contributed by atoms with van der Waals surface area (Å²) in [6, 6.07) is 11.3. The molecule has 0 spiro atoms. The Morgan fingerprint density at radius 1 is 0.968 bits per heavy atom. The molecule has 8 nitrogen and oxygen atoms in total. The second-order valence-corrected chi connectivity index (χ2v) is 7.43. The average molecular weight is 442 g/mol. The highest BCUT2D eigenvalue weighted by Crippen LogP contribution is 2.20. The number of rotatable bonds is 7. The van der Waals surface area contributed by atoms with Crippen molar-refractivity contribution in [3.63, 3.8) is 0 Å². The zero-order valence-corrected chi connectivity index (χ0v) is 18.2. The molecular formula is C22H22N2O6S. The molecule has 0 N–H and O–H groups in total. The maximum Gasteiger partial charge on any atom is 0.338 e. The van der Waals surface area contributed by atoms with Gasteiger partial charge in [-0.1, -0.05) is 11.3 Å². The smallest absolute Gasteiger partial charge is 0.338 e. The van der Waals surface area contributed by atoms with Gasteiger partial charge < -0.3 is 18.8 Å². The molecule has 3 aromatic rings. The minimum Gasteiger partial charge on any atom is -0.465 e. The Bertz CT molecular complexity index is 1180. The van der Waals surface area contributed by atoms with Crippen molar-refractivity contribution in [1.82, 2.24) is 4.57 Å². The number of hydrogen-bond donors (Lipinski definition) is 0. The van der Waals surface area contributed by atoms with Gasteiger partial charge in [0, 0.05) is 19.2 Å². The lowest BCUT2D eigenvalue weighted by Gasteiger charge is -2.05. The van der Waals surface area contributed by atoms with Crippen molar-refractivity contribution in [2.45, 2.75) is 13.5 Å². The van der Waals surface area contributed by atoms with Crippen molar-refractivity contribution in [1.29, 1.82) is 0 Å². The largest absolute Gasteiger partial charge is 0.465 e. The summed E-state index contributed by atoms with van der Waals surface area (Å²) in [6.07, 6.45) is 0. The Balaban J connectivity index is 2.01. The summed E-state index contributed by atoms with van der Waals surface area (Å²) >= 11 is 1.30. The zero-order valence-electron chi connectivity index (χ0n) is 17.4. The van der Waals surface area contributed by atoms with Crippen LogP contribution in [0.3, 0.4) is 0 Å². The van der Waals surface area contributed by atoms with Crippen LogP contribution in [0.5, 0.6) is 0 Å². The predicted molar refractivity (Wildman–Crippen MR) is 115 cm³/mol. The van der Waals surface area contributed by atoms with Gasteiger partial charge in [0.15, 0.2) is 4.80 Å². The lowest BCUT2D eigenvalue weighted by atomic mass is 10.1. The summed E-state index contributed by atoms with van der Waals surface area (Å²) in [5.74, 6) is -1.32. The van der Waals surface area contributed by atoms with E-state index in [4.69, 9.17) is 9.47 Å². The van der Waals surface area contributed by atoms with Gasteiger partial charge in [-0.05, 0) is 49.4 Å². The fourth-order valence-corrected chi connectivity index (χ4v) is 4.01. The van der Waals surface area contributed by atoms with Crippen LogP contribution in [0.1, 0.15) is 38.0 Å². The van der Waals surface area contributed by atoms with Crippen molar-refractivity contribution < 1.29 is 28.6 Å². The van der Waals surface area contributed by atoms with Crippen LogP contribution in [0.4, 0.5) is 0 Å². The first-order valence-corrected chi connectivity index (χ1v) is 10.4. The molecule has 1 aromatic heterocycles. The standard InChI is InChI=1S/C22H22N2O6S/c1-4-30-21(27)16-9-10-17-18(13-16)31-22(24(17)11-12-28-2)23-19(25)14-5-7-15(8-6-14)20(26)29-3/h5-10,13H,4,11-12H2,1-3H3. The van der Waals surface area contributed by atoms with Crippen LogP contribution in [-0.2, 0) is 20.8 Å². The SMILES string of the molecule is CCOC(=O)c1ccc2c(c1)sc(=NC(=O)c1ccc(C(=O)OC)cc1)n2CCOC. The van der Waals surface area contributed by atoms with E-state index in [1.54, 1.807) is 26.2 Å². The molecule has 0 radical (unpaired) electrons. The van der Waals surface area contributed by atoms with Gasteiger partial charge in [0.2, 0.25) is 0 Å². The van der Waals surface area contributed by atoms with Crippen molar-refractivity contribution in [3.05, 3.63) is 64.0 Å². The molecule has 162 valence electrons. The molecule has 0 unspecified atom stereocenters. The maximum atomic E-state index is 12.7. The number of esters is 2. The summed E-state index contributed by atoms with van der Waals surface area (Å²) < 4.78 is 17.6. The van der Waals surface area contributed by atoms with E-state index in [1.807, 2.05) is 10.6 Å². The average Bonchev–Trinajstić information content (AvgIpc) is 3.13. The summed E-state index contributed by atoms with van der Waals surface area (Å²) in [5, 5.41) is 0. The Morgan fingerprint density at radius 3 is 2.29 bits per heavy atom. The molecular weight excluding hydrogens is 420 g/mol. The Labute approximate surface area is 182 Å². The molecule has 9 heteroatoms. The Kier molecular flexibility index (Phi) is 7.32. The monoisotopic (exact) mass is 442 g/mol. The van der Waals surface area contributed by atoms with E-state index in [1.165, 1.54) is 42.7 Å². The second kappa shape index (κ2) is 10.1. The number of carbonyl (C=O) groups excluding carboxylic acids is 3. The van der Waals surface area contributed by atoms with E-state index in [9.17, 15) is 14.4 Å². The molecule has 3 rings (SSSR count). The fraction of sp³-hybridized carbons (Fsp3) is 0.273. The first kappa shape index (κ1) is 22.4. The number of benzene rings is 2. The molecule has 1 amide bonds. The summed E-state index contributed by atoms with van der Waals surface area (Å²) in [5.41, 5.74) is 1.96. The van der Waals surface area contributed by atoms with Crippen LogP contribution in [-0.4, -0.2) is 49.8 Å². The molecule has 0 aliphatic rings. The Morgan fingerprint density at radius 2 is 1.65 bits per heavy atom. The zero-order chi connectivity index (χ0) is 22.4. The topological polar surface area (TPSA) is 96.2 Å². The summed E-state index contributed by atoms with van der Waals surface area (Å²) in [4.78, 5) is 41.1. The number of aromatic nitrogens is 1. The third kappa shape index (κ3) is 5.07. The van der Waals surface area contributed by atoms with Gasteiger partial charge in [-0.25, -0.2) is 9.59 Å². The van der Waals surface area contributed by atoms with Crippen LogP contribution in [0.15, 0.2) is 47.5 Å². The van der Waals surface area contributed by atoms with E-state index >= 15 is 0 Å². The van der Waals surface area contributed by atoms with Crippen LogP contribution < -0.4 is 4.80 Å². The van der Waals surface area contributed by atoms with Gasteiger partial charge in [-0.2, -0.15) is 4.99 Å². The van der Waals surface area contributed by atoms with Gasteiger partial charge in [0.05, 0.1) is 41.7 Å².